The molecule has 5 rings (SSSR count). The number of carbonyl (C=O) groups excluding carboxylic acids is 1. The van der Waals surface area contributed by atoms with Crippen LogP contribution in [0, 0.1) is 5.92 Å². The van der Waals surface area contributed by atoms with Crippen molar-refractivity contribution in [2.24, 2.45) is 5.92 Å². The number of pyridine rings is 1. The Labute approximate surface area is 177 Å². The van der Waals surface area contributed by atoms with E-state index < -0.39 is 5.60 Å². The van der Waals surface area contributed by atoms with E-state index in [-0.39, 0.29) is 11.8 Å². The Bertz CT molecular complexity index is 884. The first-order chi connectivity index (χ1) is 14.7. The second-order valence-corrected chi connectivity index (χ2v) is 8.79. The van der Waals surface area contributed by atoms with Gasteiger partial charge in [-0.15, -0.1) is 0 Å². The number of methoxy groups -OCH3 is 1. The molecule has 6 nitrogen and oxygen atoms in total. The van der Waals surface area contributed by atoms with E-state index in [1.165, 1.54) is 12.8 Å². The fourth-order valence-corrected chi connectivity index (χ4v) is 4.91. The second-order valence-electron chi connectivity index (χ2n) is 8.79. The zero-order valence-corrected chi connectivity index (χ0v) is 17.5. The first-order valence-electron chi connectivity index (χ1n) is 10.9. The Morgan fingerprint density at radius 3 is 2.77 bits per heavy atom. The Morgan fingerprint density at radius 2 is 2.07 bits per heavy atom. The molecule has 2 atom stereocenters. The van der Waals surface area contributed by atoms with Crippen LogP contribution < -0.4 is 4.74 Å². The summed E-state index contributed by atoms with van der Waals surface area (Å²) in [6, 6.07) is 12.0. The summed E-state index contributed by atoms with van der Waals surface area (Å²) in [6.45, 7) is 4.36. The summed E-state index contributed by atoms with van der Waals surface area (Å²) < 4.78 is 11.6. The van der Waals surface area contributed by atoms with Gasteiger partial charge in [-0.3, -0.25) is 14.7 Å². The summed E-state index contributed by atoms with van der Waals surface area (Å²) in [7, 11) is 1.66. The monoisotopic (exact) mass is 407 g/mol. The minimum atomic E-state index is -0.817. The minimum Gasteiger partial charge on any atom is -0.497 e. The van der Waals surface area contributed by atoms with Gasteiger partial charge in [0.05, 0.1) is 13.7 Å². The summed E-state index contributed by atoms with van der Waals surface area (Å²) in [6.07, 6.45) is 6.29. The van der Waals surface area contributed by atoms with Crippen molar-refractivity contribution in [1.29, 1.82) is 0 Å². The van der Waals surface area contributed by atoms with Crippen molar-refractivity contribution in [3.8, 4) is 5.75 Å². The third kappa shape index (κ3) is 3.70. The van der Waals surface area contributed by atoms with Gasteiger partial charge in [0.1, 0.15) is 5.75 Å². The molecule has 2 aromatic rings. The largest absolute Gasteiger partial charge is 0.497 e. The highest BCUT2D eigenvalue weighted by atomic mass is 16.5. The third-order valence-electron chi connectivity index (χ3n) is 6.66. The number of likely N-dealkylation sites (tertiary alicyclic amines) is 1. The molecule has 0 bridgehead atoms. The standard InChI is InChI=1S/C24H29N3O3/c1-29-21-8-6-19(7-9-21)15-27-11-12-30-24(23(27)28)17-26(14-18-4-5-18)16-22(24)20-3-2-10-25-13-20/h2-3,6-10,13,18,22H,4-5,11-12,14-17H2,1H3/t22-,24-/m1/s1. The highest BCUT2D eigenvalue weighted by Crippen LogP contribution is 2.43. The van der Waals surface area contributed by atoms with Gasteiger partial charge in [-0.25, -0.2) is 0 Å². The molecular formula is C24H29N3O3. The van der Waals surface area contributed by atoms with Gasteiger partial charge in [-0.2, -0.15) is 0 Å². The number of benzene rings is 1. The lowest BCUT2D eigenvalue weighted by Crippen LogP contribution is -2.60. The van der Waals surface area contributed by atoms with E-state index in [1.807, 2.05) is 41.4 Å². The first-order valence-corrected chi connectivity index (χ1v) is 10.9. The Hall–Kier alpha value is -2.44. The molecular weight excluding hydrogens is 378 g/mol. The van der Waals surface area contributed by atoms with Gasteiger partial charge in [-0.05, 0) is 48.1 Å². The van der Waals surface area contributed by atoms with E-state index >= 15 is 0 Å². The molecule has 2 aliphatic heterocycles. The number of nitrogens with zero attached hydrogens (tertiary/aromatic N) is 3. The number of morpholine rings is 1. The molecule has 3 heterocycles. The normalized spacial score (nSPS) is 27.0. The fraction of sp³-hybridized carbons (Fsp3) is 0.500. The molecule has 30 heavy (non-hydrogen) atoms. The third-order valence-corrected chi connectivity index (χ3v) is 6.66. The van der Waals surface area contributed by atoms with Gasteiger partial charge in [0.15, 0.2) is 5.60 Å². The molecule has 0 unspecified atom stereocenters. The predicted octanol–water partition coefficient (Wildman–Crippen LogP) is 2.70. The van der Waals surface area contributed by atoms with Gasteiger partial charge >= 0.3 is 0 Å². The maximum absolute atomic E-state index is 13.8. The second kappa shape index (κ2) is 8.00. The summed E-state index contributed by atoms with van der Waals surface area (Å²) in [5.41, 5.74) is 1.38. The number of ether oxygens (including phenoxy) is 2. The smallest absolute Gasteiger partial charge is 0.257 e. The van der Waals surface area contributed by atoms with Crippen LogP contribution in [0.1, 0.15) is 29.9 Å². The molecule has 0 N–H and O–H groups in total. The Balaban J connectivity index is 1.40. The number of hydrogen-bond donors (Lipinski definition) is 0. The first kappa shape index (κ1) is 19.5. The predicted molar refractivity (Wildman–Crippen MR) is 113 cm³/mol. The van der Waals surface area contributed by atoms with Gasteiger partial charge in [0.2, 0.25) is 0 Å². The summed E-state index contributed by atoms with van der Waals surface area (Å²) in [4.78, 5) is 22.6. The highest BCUT2D eigenvalue weighted by molar-refractivity contribution is 5.88. The van der Waals surface area contributed by atoms with Gasteiger partial charge in [-0.1, -0.05) is 18.2 Å². The topological polar surface area (TPSA) is 54.9 Å². The fourth-order valence-electron chi connectivity index (χ4n) is 4.91. The van der Waals surface area contributed by atoms with E-state index in [0.29, 0.717) is 26.2 Å². The Kier molecular flexibility index (Phi) is 5.21. The maximum atomic E-state index is 13.8. The quantitative estimate of drug-likeness (QED) is 0.737. The van der Waals surface area contributed by atoms with E-state index in [4.69, 9.17) is 9.47 Å². The van der Waals surface area contributed by atoms with E-state index in [2.05, 4.69) is 16.0 Å². The van der Waals surface area contributed by atoms with Crippen molar-refractivity contribution in [3.63, 3.8) is 0 Å². The van der Waals surface area contributed by atoms with Crippen molar-refractivity contribution in [2.75, 3.05) is 39.9 Å². The van der Waals surface area contributed by atoms with Gasteiger partial charge in [0, 0.05) is 51.0 Å². The molecule has 1 aromatic carbocycles. The molecule has 1 aromatic heterocycles. The Morgan fingerprint density at radius 1 is 1.23 bits per heavy atom. The summed E-state index contributed by atoms with van der Waals surface area (Å²) in [5, 5.41) is 0. The van der Waals surface area contributed by atoms with Crippen LogP contribution in [0.4, 0.5) is 0 Å². The van der Waals surface area contributed by atoms with Gasteiger partial charge < -0.3 is 14.4 Å². The van der Waals surface area contributed by atoms with Crippen molar-refractivity contribution in [2.45, 2.75) is 30.9 Å². The molecule has 3 aliphatic rings. The van der Waals surface area contributed by atoms with Crippen molar-refractivity contribution in [3.05, 3.63) is 59.9 Å². The van der Waals surface area contributed by atoms with E-state index in [0.717, 1.165) is 35.9 Å². The molecule has 2 saturated heterocycles. The van der Waals surface area contributed by atoms with Crippen LogP contribution in [0.5, 0.6) is 5.75 Å². The van der Waals surface area contributed by atoms with Crippen LogP contribution in [0.3, 0.4) is 0 Å². The number of carbonyl (C=O) groups is 1. The van der Waals surface area contributed by atoms with E-state index in [9.17, 15) is 4.79 Å². The zero-order valence-electron chi connectivity index (χ0n) is 17.5. The van der Waals surface area contributed by atoms with Crippen molar-refractivity contribution < 1.29 is 14.3 Å². The lowest BCUT2D eigenvalue weighted by molar-refractivity contribution is -0.173. The van der Waals surface area contributed by atoms with E-state index in [1.54, 1.807) is 13.3 Å². The lowest BCUT2D eigenvalue weighted by atomic mass is 9.83. The molecule has 1 aliphatic carbocycles. The SMILES string of the molecule is COc1ccc(CN2CCO[C@@]3(CN(CC4CC4)C[C@@H]3c3cccnc3)C2=O)cc1. The molecule has 0 radical (unpaired) electrons. The van der Waals surface area contributed by atoms with Crippen molar-refractivity contribution >= 4 is 5.91 Å². The van der Waals surface area contributed by atoms with Crippen LogP contribution in [0.2, 0.25) is 0 Å². The van der Waals surface area contributed by atoms with Crippen LogP contribution in [-0.4, -0.2) is 66.2 Å². The molecule has 1 saturated carbocycles. The molecule has 1 amide bonds. The average Bonchev–Trinajstić information content (AvgIpc) is 3.52. The summed E-state index contributed by atoms with van der Waals surface area (Å²) in [5.74, 6) is 1.73. The summed E-state index contributed by atoms with van der Waals surface area (Å²) >= 11 is 0. The highest BCUT2D eigenvalue weighted by Gasteiger charge is 2.57. The number of amides is 1. The van der Waals surface area contributed by atoms with Gasteiger partial charge in [0.25, 0.3) is 5.91 Å². The lowest BCUT2D eigenvalue weighted by Gasteiger charge is -2.42. The zero-order chi connectivity index (χ0) is 20.6. The van der Waals surface area contributed by atoms with Crippen molar-refractivity contribution in [1.82, 2.24) is 14.8 Å². The molecule has 158 valence electrons. The number of aromatic nitrogens is 1. The molecule has 1 spiro atoms. The molecule has 6 heteroatoms. The van der Waals surface area contributed by atoms with Crippen LogP contribution >= 0.6 is 0 Å². The molecule has 3 fully saturated rings. The number of rotatable bonds is 6. The minimum absolute atomic E-state index is 0.0103. The number of hydrogen-bond acceptors (Lipinski definition) is 5. The van der Waals surface area contributed by atoms with Crippen LogP contribution in [0.15, 0.2) is 48.8 Å². The average molecular weight is 408 g/mol. The maximum Gasteiger partial charge on any atom is 0.257 e. The van der Waals surface area contributed by atoms with Crippen LogP contribution in [0.25, 0.3) is 0 Å². The van der Waals surface area contributed by atoms with Crippen LogP contribution in [-0.2, 0) is 16.1 Å².